The average molecular weight is 437 g/mol. The van der Waals surface area contributed by atoms with E-state index in [-0.39, 0.29) is 17.6 Å². The topological polar surface area (TPSA) is 71.0 Å². The Labute approximate surface area is 185 Å². The molecule has 0 saturated heterocycles. The number of aryl methyl sites for hydroxylation is 3. The summed E-state index contributed by atoms with van der Waals surface area (Å²) in [6, 6.07) is 7.88. The first-order valence-electron chi connectivity index (χ1n) is 10.4. The number of rotatable bonds is 6. The van der Waals surface area contributed by atoms with Crippen LogP contribution in [0.5, 0.6) is 0 Å². The summed E-state index contributed by atoms with van der Waals surface area (Å²) in [4.78, 5) is 27.8. The van der Waals surface area contributed by atoms with Crippen LogP contribution in [0.1, 0.15) is 29.1 Å². The molecule has 32 heavy (non-hydrogen) atoms. The van der Waals surface area contributed by atoms with Crippen LogP contribution in [0.4, 0.5) is 20.3 Å². The fourth-order valence-electron chi connectivity index (χ4n) is 4.31. The second kappa shape index (κ2) is 8.26. The quantitative estimate of drug-likeness (QED) is 0.629. The normalized spacial score (nSPS) is 19.5. The van der Waals surface area contributed by atoms with Gasteiger partial charge in [0.2, 0.25) is 5.91 Å². The van der Waals surface area contributed by atoms with Crippen molar-refractivity contribution in [3.05, 3.63) is 77.0 Å². The molecule has 2 atom stereocenters. The molecular formula is C24H25F2N5O. The number of pyridine rings is 1. The molecule has 1 aromatic carbocycles. The maximum absolute atomic E-state index is 14.1. The lowest BCUT2D eigenvalue weighted by Crippen LogP contribution is -2.34. The lowest BCUT2D eigenvalue weighted by atomic mass is 9.91. The molecule has 6 nitrogen and oxygen atoms in total. The molecule has 1 aliphatic rings. The molecule has 166 valence electrons. The van der Waals surface area contributed by atoms with Gasteiger partial charge in [-0.15, -0.1) is 0 Å². The van der Waals surface area contributed by atoms with Gasteiger partial charge in [0, 0.05) is 19.0 Å². The largest absolute Gasteiger partial charge is 0.371 e. The van der Waals surface area contributed by atoms with Crippen molar-refractivity contribution >= 4 is 17.4 Å². The summed E-state index contributed by atoms with van der Waals surface area (Å²) in [6.45, 7) is 5.84. The van der Waals surface area contributed by atoms with E-state index < -0.39 is 11.2 Å². The molecule has 8 heteroatoms. The molecule has 1 saturated carbocycles. The zero-order chi connectivity index (χ0) is 23.0. The Kier molecular flexibility index (Phi) is 5.62. The third kappa shape index (κ3) is 4.17. The Balaban J connectivity index is 1.61. The number of halogens is 2. The number of amides is 1. The first kappa shape index (κ1) is 21.8. The molecule has 0 aliphatic heterocycles. The summed E-state index contributed by atoms with van der Waals surface area (Å²) in [6.07, 6.45) is 3.41. The summed E-state index contributed by atoms with van der Waals surface area (Å²) in [5.74, 6) is -0.402. The van der Waals surface area contributed by atoms with E-state index in [9.17, 15) is 13.6 Å². The van der Waals surface area contributed by atoms with E-state index in [0.717, 1.165) is 23.1 Å². The first-order valence-corrected chi connectivity index (χ1v) is 10.4. The van der Waals surface area contributed by atoms with E-state index in [2.05, 4.69) is 20.3 Å². The fraction of sp³-hybridized carbons (Fsp3) is 0.333. The molecule has 1 N–H and O–H groups in total. The van der Waals surface area contributed by atoms with Gasteiger partial charge in [0.1, 0.15) is 23.3 Å². The molecule has 0 bridgehead atoms. The standard InChI is InChI=1S/C24H25F2N5O/c1-14-8-22(28-11-20(14)26)30-23(32)19-10-24(19,17-6-5-7-18(25)9-17)13-31(4)21-12-27-16(3)29-15(21)2/h5-9,11-12,19H,10,13H2,1-4H3,(H,28,30,32)/t19-,24+/m0/s1. The predicted octanol–water partition coefficient (Wildman–Crippen LogP) is 4.11. The summed E-state index contributed by atoms with van der Waals surface area (Å²) in [5.41, 5.74) is 2.28. The van der Waals surface area contributed by atoms with E-state index in [1.54, 1.807) is 19.2 Å². The van der Waals surface area contributed by atoms with Crippen LogP contribution in [0.2, 0.25) is 0 Å². The highest BCUT2D eigenvalue weighted by molar-refractivity contribution is 5.95. The Morgan fingerprint density at radius 3 is 2.66 bits per heavy atom. The van der Waals surface area contributed by atoms with Gasteiger partial charge in [0.15, 0.2) is 0 Å². The minimum atomic E-state index is -0.576. The van der Waals surface area contributed by atoms with Gasteiger partial charge < -0.3 is 10.2 Å². The zero-order valence-corrected chi connectivity index (χ0v) is 18.5. The zero-order valence-electron chi connectivity index (χ0n) is 18.5. The third-order valence-electron chi connectivity index (χ3n) is 6.09. The van der Waals surface area contributed by atoms with Crippen LogP contribution in [0.15, 0.2) is 42.7 Å². The molecular weight excluding hydrogens is 412 g/mol. The number of hydrogen-bond acceptors (Lipinski definition) is 5. The van der Waals surface area contributed by atoms with Crippen molar-refractivity contribution in [2.45, 2.75) is 32.6 Å². The molecule has 0 radical (unpaired) electrons. The summed E-state index contributed by atoms with van der Waals surface area (Å²) < 4.78 is 27.6. The second-order valence-electron chi connectivity index (χ2n) is 8.48. The van der Waals surface area contributed by atoms with Gasteiger partial charge in [0.05, 0.1) is 29.7 Å². The highest BCUT2D eigenvalue weighted by Gasteiger charge is 2.59. The van der Waals surface area contributed by atoms with Crippen LogP contribution in [-0.2, 0) is 10.2 Å². The van der Waals surface area contributed by atoms with Gasteiger partial charge in [-0.2, -0.15) is 0 Å². The first-order chi connectivity index (χ1) is 15.2. The van der Waals surface area contributed by atoms with Crippen LogP contribution in [0.3, 0.4) is 0 Å². The smallest absolute Gasteiger partial charge is 0.229 e. The SMILES string of the molecule is Cc1ncc(N(C)C[C@@]2(c3cccc(F)c3)C[C@H]2C(=O)Nc2cc(C)c(F)cn2)c(C)n1. The number of aromatic nitrogens is 3. The average Bonchev–Trinajstić information content (AvgIpc) is 3.46. The summed E-state index contributed by atoms with van der Waals surface area (Å²) in [7, 11) is 1.92. The minimum Gasteiger partial charge on any atom is -0.371 e. The van der Waals surface area contributed by atoms with Crippen molar-refractivity contribution < 1.29 is 13.6 Å². The summed E-state index contributed by atoms with van der Waals surface area (Å²) >= 11 is 0. The Morgan fingerprint density at radius 1 is 1.19 bits per heavy atom. The minimum absolute atomic E-state index is 0.224. The summed E-state index contributed by atoms with van der Waals surface area (Å²) in [5, 5.41) is 2.79. The molecule has 2 aromatic heterocycles. The lowest BCUT2D eigenvalue weighted by Gasteiger charge is -2.28. The highest BCUT2D eigenvalue weighted by Crippen LogP contribution is 2.55. The molecule has 4 rings (SSSR count). The van der Waals surface area contributed by atoms with Crippen LogP contribution in [-0.4, -0.2) is 34.5 Å². The van der Waals surface area contributed by atoms with Gasteiger partial charge >= 0.3 is 0 Å². The molecule has 1 fully saturated rings. The lowest BCUT2D eigenvalue weighted by molar-refractivity contribution is -0.117. The number of carbonyl (C=O) groups excluding carboxylic acids is 1. The molecule has 0 unspecified atom stereocenters. The van der Waals surface area contributed by atoms with E-state index in [1.807, 2.05) is 31.9 Å². The number of hydrogen-bond donors (Lipinski definition) is 1. The van der Waals surface area contributed by atoms with Crippen molar-refractivity contribution in [3.63, 3.8) is 0 Å². The van der Waals surface area contributed by atoms with E-state index in [0.29, 0.717) is 30.2 Å². The highest BCUT2D eigenvalue weighted by atomic mass is 19.1. The van der Waals surface area contributed by atoms with E-state index >= 15 is 0 Å². The monoisotopic (exact) mass is 437 g/mol. The van der Waals surface area contributed by atoms with Crippen molar-refractivity contribution in [1.29, 1.82) is 0 Å². The van der Waals surface area contributed by atoms with Crippen molar-refractivity contribution in [2.75, 3.05) is 23.8 Å². The molecule has 0 spiro atoms. The number of carbonyl (C=O) groups is 1. The van der Waals surface area contributed by atoms with Gasteiger partial charge in [-0.05, 0) is 56.5 Å². The fourth-order valence-corrected chi connectivity index (χ4v) is 4.31. The third-order valence-corrected chi connectivity index (χ3v) is 6.09. The number of benzene rings is 1. The van der Waals surface area contributed by atoms with Crippen molar-refractivity contribution in [3.8, 4) is 0 Å². The van der Waals surface area contributed by atoms with Crippen LogP contribution in [0, 0.1) is 38.3 Å². The van der Waals surface area contributed by atoms with Crippen molar-refractivity contribution in [2.24, 2.45) is 5.92 Å². The Bertz CT molecular complexity index is 1180. The van der Waals surface area contributed by atoms with Gasteiger partial charge in [-0.25, -0.2) is 23.7 Å². The Hall–Kier alpha value is -3.42. The number of nitrogens with one attached hydrogen (secondary N) is 1. The van der Waals surface area contributed by atoms with Gasteiger partial charge in [-0.3, -0.25) is 4.79 Å². The van der Waals surface area contributed by atoms with Gasteiger partial charge in [0.25, 0.3) is 0 Å². The predicted molar refractivity (Wildman–Crippen MR) is 119 cm³/mol. The van der Waals surface area contributed by atoms with Crippen LogP contribution in [0.25, 0.3) is 0 Å². The maximum atomic E-state index is 14.1. The Morgan fingerprint density at radius 2 is 1.97 bits per heavy atom. The molecule has 1 aliphatic carbocycles. The van der Waals surface area contributed by atoms with E-state index in [1.165, 1.54) is 18.2 Å². The van der Waals surface area contributed by atoms with E-state index in [4.69, 9.17) is 0 Å². The number of anilines is 2. The molecule has 2 heterocycles. The number of nitrogens with zero attached hydrogens (tertiary/aromatic N) is 4. The second-order valence-corrected chi connectivity index (χ2v) is 8.48. The van der Waals surface area contributed by atoms with Gasteiger partial charge in [-0.1, -0.05) is 12.1 Å². The van der Waals surface area contributed by atoms with Crippen LogP contribution >= 0.6 is 0 Å². The molecule has 3 aromatic rings. The van der Waals surface area contributed by atoms with Crippen molar-refractivity contribution in [1.82, 2.24) is 15.0 Å². The number of likely N-dealkylation sites (N-methyl/N-ethyl adjacent to an activating group) is 1. The maximum Gasteiger partial charge on any atom is 0.229 e. The van der Waals surface area contributed by atoms with Crippen LogP contribution < -0.4 is 10.2 Å². The molecule has 1 amide bonds.